The summed E-state index contributed by atoms with van der Waals surface area (Å²) < 4.78 is 0. The zero-order valence-electron chi connectivity index (χ0n) is 12.6. The highest BCUT2D eigenvalue weighted by Gasteiger charge is 2.15. The Kier molecular flexibility index (Phi) is 4.88. The molecule has 1 amide bonds. The van der Waals surface area contributed by atoms with Crippen LogP contribution in [0.2, 0.25) is 0 Å². The van der Waals surface area contributed by atoms with E-state index in [0.717, 1.165) is 24.5 Å². The average molecular weight is 275 g/mol. The van der Waals surface area contributed by atoms with Crippen LogP contribution in [0.4, 0.5) is 11.4 Å². The molecule has 2 rings (SSSR count). The first-order valence-corrected chi connectivity index (χ1v) is 7.45. The molecule has 0 atom stereocenters. The molecule has 0 bridgehead atoms. The van der Waals surface area contributed by atoms with Crippen LogP contribution in [-0.4, -0.2) is 38.0 Å². The summed E-state index contributed by atoms with van der Waals surface area (Å²) in [7, 11) is 3.54. The minimum absolute atomic E-state index is 0.0262. The Bertz CT molecular complexity index is 463. The van der Waals surface area contributed by atoms with E-state index in [1.54, 1.807) is 19.0 Å². The normalized spacial score (nSPS) is 16.4. The molecule has 20 heavy (non-hydrogen) atoms. The number of nitrogen functional groups attached to an aromatic ring is 1. The van der Waals surface area contributed by atoms with Crippen LogP contribution in [0.15, 0.2) is 18.2 Å². The lowest BCUT2D eigenvalue weighted by molar-refractivity contribution is 0.0827. The van der Waals surface area contributed by atoms with E-state index >= 15 is 0 Å². The zero-order valence-corrected chi connectivity index (χ0v) is 12.6. The largest absolute Gasteiger partial charge is 0.397 e. The van der Waals surface area contributed by atoms with Crippen molar-refractivity contribution in [3.05, 3.63) is 23.8 Å². The third kappa shape index (κ3) is 3.44. The Morgan fingerprint density at radius 3 is 2.30 bits per heavy atom. The SMILES string of the molecule is CN(C)C(=O)c1ccc(N)c(N2CCCCCCC2)c1. The standard InChI is InChI=1S/C16H25N3O/c1-18(2)16(20)13-8-9-14(17)15(12-13)19-10-6-4-3-5-7-11-19/h8-9,12H,3-7,10-11,17H2,1-2H3. The molecule has 1 fully saturated rings. The average Bonchev–Trinajstić information content (AvgIpc) is 2.39. The molecule has 2 N–H and O–H groups in total. The molecule has 0 unspecified atom stereocenters. The molecule has 0 aliphatic carbocycles. The van der Waals surface area contributed by atoms with Gasteiger partial charge in [-0.05, 0) is 31.0 Å². The van der Waals surface area contributed by atoms with Crippen molar-refractivity contribution in [3.8, 4) is 0 Å². The molecule has 1 aromatic carbocycles. The second-order valence-corrected chi connectivity index (χ2v) is 5.73. The summed E-state index contributed by atoms with van der Waals surface area (Å²) in [6, 6.07) is 5.61. The number of hydrogen-bond acceptors (Lipinski definition) is 3. The van der Waals surface area contributed by atoms with Crippen LogP contribution >= 0.6 is 0 Å². The van der Waals surface area contributed by atoms with Crippen LogP contribution in [0.5, 0.6) is 0 Å². The highest BCUT2D eigenvalue weighted by atomic mass is 16.2. The van der Waals surface area contributed by atoms with Crippen molar-refractivity contribution in [3.63, 3.8) is 0 Å². The van der Waals surface area contributed by atoms with Crippen molar-refractivity contribution >= 4 is 17.3 Å². The maximum atomic E-state index is 12.1. The number of carbonyl (C=O) groups excluding carboxylic acids is 1. The lowest BCUT2D eigenvalue weighted by atomic mass is 10.1. The van der Waals surface area contributed by atoms with Gasteiger partial charge in [-0.3, -0.25) is 4.79 Å². The number of amides is 1. The molecule has 0 aromatic heterocycles. The fraction of sp³-hybridized carbons (Fsp3) is 0.562. The van der Waals surface area contributed by atoms with E-state index in [0.29, 0.717) is 5.56 Å². The minimum atomic E-state index is 0.0262. The number of benzene rings is 1. The van der Waals surface area contributed by atoms with Gasteiger partial charge in [-0.15, -0.1) is 0 Å². The van der Waals surface area contributed by atoms with Crippen molar-refractivity contribution in [1.29, 1.82) is 0 Å². The lowest BCUT2D eigenvalue weighted by Gasteiger charge is -2.28. The van der Waals surface area contributed by atoms with Gasteiger partial charge in [0, 0.05) is 32.7 Å². The van der Waals surface area contributed by atoms with Gasteiger partial charge in [0.25, 0.3) is 5.91 Å². The molecule has 1 aliphatic heterocycles. The number of anilines is 2. The van der Waals surface area contributed by atoms with Gasteiger partial charge in [0.15, 0.2) is 0 Å². The molecule has 110 valence electrons. The van der Waals surface area contributed by atoms with E-state index < -0.39 is 0 Å². The Balaban J connectivity index is 2.24. The van der Waals surface area contributed by atoms with Crippen LogP contribution < -0.4 is 10.6 Å². The maximum Gasteiger partial charge on any atom is 0.253 e. The molecule has 0 saturated carbocycles. The summed E-state index contributed by atoms with van der Waals surface area (Å²) in [6.07, 6.45) is 6.30. The van der Waals surface area contributed by atoms with Crippen LogP contribution in [0.25, 0.3) is 0 Å². The number of nitrogens with zero attached hydrogens (tertiary/aromatic N) is 2. The molecular formula is C16H25N3O. The van der Waals surface area contributed by atoms with Gasteiger partial charge in [-0.1, -0.05) is 19.3 Å². The molecular weight excluding hydrogens is 250 g/mol. The van der Waals surface area contributed by atoms with E-state index in [1.807, 2.05) is 18.2 Å². The molecule has 0 radical (unpaired) electrons. The van der Waals surface area contributed by atoms with Crippen molar-refractivity contribution in [2.24, 2.45) is 0 Å². The van der Waals surface area contributed by atoms with E-state index in [4.69, 9.17) is 5.73 Å². The number of hydrogen-bond donors (Lipinski definition) is 1. The van der Waals surface area contributed by atoms with Gasteiger partial charge in [0.2, 0.25) is 0 Å². The smallest absolute Gasteiger partial charge is 0.253 e. The molecule has 1 heterocycles. The second-order valence-electron chi connectivity index (χ2n) is 5.73. The van der Waals surface area contributed by atoms with Crippen LogP contribution in [0.3, 0.4) is 0 Å². The Hall–Kier alpha value is -1.71. The number of nitrogens with two attached hydrogens (primary N) is 1. The summed E-state index contributed by atoms with van der Waals surface area (Å²) in [5.41, 5.74) is 8.61. The summed E-state index contributed by atoms with van der Waals surface area (Å²) >= 11 is 0. The van der Waals surface area contributed by atoms with Gasteiger partial charge >= 0.3 is 0 Å². The maximum absolute atomic E-state index is 12.1. The lowest BCUT2D eigenvalue weighted by Crippen LogP contribution is -2.28. The third-order valence-corrected chi connectivity index (χ3v) is 3.88. The zero-order chi connectivity index (χ0) is 14.5. The van der Waals surface area contributed by atoms with E-state index in [-0.39, 0.29) is 5.91 Å². The fourth-order valence-corrected chi connectivity index (χ4v) is 2.70. The summed E-state index contributed by atoms with van der Waals surface area (Å²) in [5, 5.41) is 0. The molecule has 1 saturated heterocycles. The summed E-state index contributed by atoms with van der Waals surface area (Å²) in [5.74, 6) is 0.0262. The van der Waals surface area contributed by atoms with Gasteiger partial charge in [-0.25, -0.2) is 0 Å². The first kappa shape index (κ1) is 14.7. The van der Waals surface area contributed by atoms with Crippen molar-refractivity contribution in [2.75, 3.05) is 37.8 Å². The molecule has 1 aliphatic rings. The van der Waals surface area contributed by atoms with E-state index in [1.165, 1.54) is 32.1 Å². The summed E-state index contributed by atoms with van der Waals surface area (Å²) in [4.78, 5) is 16.0. The molecule has 4 heteroatoms. The second kappa shape index (κ2) is 6.64. The predicted octanol–water partition coefficient (Wildman–Crippen LogP) is 2.74. The minimum Gasteiger partial charge on any atom is -0.397 e. The van der Waals surface area contributed by atoms with Crippen LogP contribution in [0.1, 0.15) is 42.5 Å². The quantitative estimate of drug-likeness (QED) is 0.844. The molecule has 1 aromatic rings. The Labute approximate surface area is 121 Å². The van der Waals surface area contributed by atoms with Crippen LogP contribution in [0, 0.1) is 0 Å². The van der Waals surface area contributed by atoms with E-state index in [2.05, 4.69) is 4.90 Å². The fourth-order valence-electron chi connectivity index (χ4n) is 2.70. The molecule has 0 spiro atoms. The third-order valence-electron chi connectivity index (χ3n) is 3.88. The number of rotatable bonds is 2. The summed E-state index contributed by atoms with van der Waals surface area (Å²) in [6.45, 7) is 2.06. The van der Waals surface area contributed by atoms with Gasteiger partial charge in [0.05, 0.1) is 11.4 Å². The highest BCUT2D eigenvalue weighted by Crippen LogP contribution is 2.27. The topological polar surface area (TPSA) is 49.6 Å². The number of carbonyl (C=O) groups is 1. The first-order valence-electron chi connectivity index (χ1n) is 7.45. The first-order chi connectivity index (χ1) is 9.59. The van der Waals surface area contributed by atoms with Gasteiger partial charge in [-0.2, -0.15) is 0 Å². The van der Waals surface area contributed by atoms with E-state index in [9.17, 15) is 4.79 Å². The van der Waals surface area contributed by atoms with Gasteiger partial charge < -0.3 is 15.5 Å². The molecule has 4 nitrogen and oxygen atoms in total. The van der Waals surface area contributed by atoms with Crippen molar-refractivity contribution in [1.82, 2.24) is 4.90 Å². The van der Waals surface area contributed by atoms with Crippen molar-refractivity contribution < 1.29 is 4.79 Å². The monoisotopic (exact) mass is 275 g/mol. The van der Waals surface area contributed by atoms with Gasteiger partial charge in [0.1, 0.15) is 0 Å². The highest BCUT2D eigenvalue weighted by molar-refractivity contribution is 5.96. The predicted molar refractivity (Wildman–Crippen MR) is 84.2 cm³/mol. The van der Waals surface area contributed by atoms with Crippen LogP contribution in [-0.2, 0) is 0 Å². The Morgan fingerprint density at radius 2 is 1.70 bits per heavy atom. The Morgan fingerprint density at radius 1 is 1.10 bits per heavy atom. The van der Waals surface area contributed by atoms with Crippen molar-refractivity contribution in [2.45, 2.75) is 32.1 Å².